The second-order valence-electron chi connectivity index (χ2n) is 5.23. The van der Waals surface area contributed by atoms with E-state index in [9.17, 15) is 9.18 Å². The molecule has 0 saturated carbocycles. The Labute approximate surface area is 130 Å². The van der Waals surface area contributed by atoms with Crippen molar-refractivity contribution < 1.29 is 13.9 Å². The molecule has 0 aliphatic rings. The zero-order valence-electron chi connectivity index (χ0n) is 12.8. The molecule has 0 radical (unpaired) electrons. The van der Waals surface area contributed by atoms with Crippen molar-refractivity contribution in [3.05, 3.63) is 59.9 Å². The summed E-state index contributed by atoms with van der Waals surface area (Å²) in [6.07, 6.45) is 1.08. The van der Waals surface area contributed by atoms with E-state index < -0.39 is 0 Å². The molecule has 0 aliphatic heterocycles. The fourth-order valence-electron chi connectivity index (χ4n) is 2.04. The Morgan fingerprint density at radius 3 is 2.59 bits per heavy atom. The number of carbonyl (C=O) groups excluding carboxylic acids is 1. The van der Waals surface area contributed by atoms with Gasteiger partial charge in [-0.25, -0.2) is 4.39 Å². The van der Waals surface area contributed by atoms with Gasteiger partial charge in [-0.15, -0.1) is 0 Å². The van der Waals surface area contributed by atoms with Crippen molar-refractivity contribution in [3.8, 4) is 5.75 Å². The van der Waals surface area contributed by atoms with Crippen molar-refractivity contribution >= 4 is 11.6 Å². The number of anilines is 1. The summed E-state index contributed by atoms with van der Waals surface area (Å²) in [6.45, 7) is 4.20. The molecule has 0 spiro atoms. The fraction of sp³-hybridized carbons (Fsp3) is 0.278. The smallest absolute Gasteiger partial charge is 0.262 e. The van der Waals surface area contributed by atoms with Crippen molar-refractivity contribution in [3.63, 3.8) is 0 Å². The Morgan fingerprint density at radius 2 is 1.95 bits per heavy atom. The molecule has 1 N–H and O–H groups in total. The van der Waals surface area contributed by atoms with Crippen LogP contribution in [0.2, 0.25) is 0 Å². The van der Waals surface area contributed by atoms with Crippen molar-refractivity contribution in [2.75, 3.05) is 11.9 Å². The van der Waals surface area contributed by atoms with E-state index in [0.717, 1.165) is 6.42 Å². The Bertz CT molecular complexity index is 625. The number of ether oxygens (including phenoxy) is 1. The van der Waals surface area contributed by atoms with E-state index in [1.54, 1.807) is 12.1 Å². The highest BCUT2D eigenvalue weighted by Crippen LogP contribution is 2.21. The van der Waals surface area contributed by atoms with Gasteiger partial charge in [0.2, 0.25) is 0 Å². The van der Waals surface area contributed by atoms with Gasteiger partial charge in [-0.05, 0) is 48.2 Å². The van der Waals surface area contributed by atoms with E-state index in [4.69, 9.17) is 4.74 Å². The van der Waals surface area contributed by atoms with Gasteiger partial charge in [0.05, 0.1) is 0 Å². The number of carbonyl (C=O) groups is 1. The summed E-state index contributed by atoms with van der Waals surface area (Å²) in [6, 6.07) is 13.5. The van der Waals surface area contributed by atoms with Crippen LogP contribution in [-0.4, -0.2) is 12.5 Å². The summed E-state index contributed by atoms with van der Waals surface area (Å²) in [5, 5.41) is 2.59. The number of hydrogen-bond acceptors (Lipinski definition) is 2. The molecule has 0 bridgehead atoms. The van der Waals surface area contributed by atoms with Crippen LogP contribution in [0.15, 0.2) is 48.5 Å². The summed E-state index contributed by atoms with van der Waals surface area (Å²) in [5.74, 6) is 0.433. The Hall–Kier alpha value is -2.36. The highest BCUT2D eigenvalue weighted by Gasteiger charge is 2.06. The van der Waals surface area contributed by atoms with Gasteiger partial charge in [-0.2, -0.15) is 0 Å². The van der Waals surface area contributed by atoms with E-state index in [-0.39, 0.29) is 18.3 Å². The molecule has 0 aliphatic carbocycles. The largest absolute Gasteiger partial charge is 0.484 e. The predicted octanol–water partition coefficient (Wildman–Crippen LogP) is 4.36. The van der Waals surface area contributed by atoms with E-state index >= 15 is 0 Å². The van der Waals surface area contributed by atoms with Crippen molar-refractivity contribution in [1.82, 2.24) is 0 Å². The predicted molar refractivity (Wildman–Crippen MR) is 85.7 cm³/mol. The van der Waals surface area contributed by atoms with Gasteiger partial charge in [0, 0.05) is 5.69 Å². The van der Waals surface area contributed by atoms with Crippen molar-refractivity contribution in [2.24, 2.45) is 0 Å². The molecule has 22 heavy (non-hydrogen) atoms. The van der Waals surface area contributed by atoms with Crippen molar-refractivity contribution in [1.29, 1.82) is 0 Å². The van der Waals surface area contributed by atoms with Crippen LogP contribution in [0.5, 0.6) is 5.75 Å². The van der Waals surface area contributed by atoms with Gasteiger partial charge in [-0.1, -0.05) is 32.0 Å². The number of amides is 1. The number of benzene rings is 2. The molecule has 4 heteroatoms. The average Bonchev–Trinajstić information content (AvgIpc) is 2.52. The third-order valence-corrected chi connectivity index (χ3v) is 3.54. The van der Waals surface area contributed by atoms with Gasteiger partial charge in [0.25, 0.3) is 5.91 Å². The third kappa shape index (κ3) is 4.58. The lowest BCUT2D eigenvalue weighted by atomic mass is 9.99. The van der Waals surface area contributed by atoms with Gasteiger partial charge in [-0.3, -0.25) is 4.79 Å². The molecule has 0 heterocycles. The minimum absolute atomic E-state index is 0.112. The van der Waals surface area contributed by atoms with Gasteiger partial charge >= 0.3 is 0 Å². The first-order valence-electron chi connectivity index (χ1n) is 7.36. The van der Waals surface area contributed by atoms with Crippen LogP contribution in [0.3, 0.4) is 0 Å². The molecule has 0 saturated heterocycles. The first-order chi connectivity index (χ1) is 10.6. The van der Waals surface area contributed by atoms with Crippen LogP contribution < -0.4 is 10.1 Å². The molecule has 0 aromatic heterocycles. The minimum Gasteiger partial charge on any atom is -0.484 e. The standard InChI is InChI=1S/C18H20FNO2/c1-3-13(2)14-7-9-17(10-8-14)22-12-18(21)20-16-6-4-5-15(19)11-16/h4-11,13H,3,12H2,1-2H3,(H,20,21). The molecule has 1 unspecified atom stereocenters. The Morgan fingerprint density at radius 1 is 1.23 bits per heavy atom. The fourth-order valence-corrected chi connectivity index (χ4v) is 2.04. The highest BCUT2D eigenvalue weighted by molar-refractivity contribution is 5.91. The van der Waals surface area contributed by atoms with Crippen LogP contribution in [0.25, 0.3) is 0 Å². The normalized spacial score (nSPS) is 11.8. The monoisotopic (exact) mass is 301 g/mol. The summed E-state index contributed by atoms with van der Waals surface area (Å²) in [7, 11) is 0. The topological polar surface area (TPSA) is 38.3 Å². The maximum Gasteiger partial charge on any atom is 0.262 e. The molecule has 2 aromatic carbocycles. The van der Waals surface area contributed by atoms with Gasteiger partial charge < -0.3 is 10.1 Å². The number of halogens is 1. The number of hydrogen-bond donors (Lipinski definition) is 1. The Balaban J connectivity index is 1.86. The van der Waals surface area contributed by atoms with E-state index in [0.29, 0.717) is 17.4 Å². The van der Waals surface area contributed by atoms with E-state index in [1.165, 1.54) is 17.7 Å². The minimum atomic E-state index is -0.389. The molecule has 3 nitrogen and oxygen atoms in total. The zero-order valence-corrected chi connectivity index (χ0v) is 12.8. The quantitative estimate of drug-likeness (QED) is 0.861. The summed E-state index contributed by atoms with van der Waals surface area (Å²) >= 11 is 0. The number of rotatable bonds is 6. The molecule has 0 fully saturated rings. The van der Waals surface area contributed by atoms with Crippen LogP contribution in [0, 0.1) is 5.82 Å². The molecular formula is C18H20FNO2. The molecule has 2 rings (SSSR count). The lowest BCUT2D eigenvalue weighted by Gasteiger charge is -2.11. The van der Waals surface area contributed by atoms with Crippen LogP contribution in [-0.2, 0) is 4.79 Å². The second kappa shape index (κ2) is 7.59. The number of nitrogens with one attached hydrogen (secondary N) is 1. The first-order valence-corrected chi connectivity index (χ1v) is 7.36. The Kier molecular flexibility index (Phi) is 5.53. The average molecular weight is 301 g/mol. The second-order valence-corrected chi connectivity index (χ2v) is 5.23. The van der Waals surface area contributed by atoms with E-state index in [1.807, 2.05) is 24.3 Å². The summed E-state index contributed by atoms with van der Waals surface area (Å²) < 4.78 is 18.5. The maximum atomic E-state index is 13.0. The summed E-state index contributed by atoms with van der Waals surface area (Å²) in [5.41, 5.74) is 1.67. The lowest BCUT2D eigenvalue weighted by Crippen LogP contribution is -2.20. The van der Waals surface area contributed by atoms with Crippen LogP contribution in [0.1, 0.15) is 31.7 Å². The molecule has 1 amide bonds. The van der Waals surface area contributed by atoms with E-state index in [2.05, 4.69) is 19.2 Å². The third-order valence-electron chi connectivity index (χ3n) is 3.54. The first kappa shape index (κ1) is 16.0. The molecular weight excluding hydrogens is 281 g/mol. The molecule has 116 valence electrons. The van der Waals surface area contributed by atoms with Gasteiger partial charge in [0.1, 0.15) is 11.6 Å². The van der Waals surface area contributed by atoms with Crippen LogP contribution in [0.4, 0.5) is 10.1 Å². The van der Waals surface area contributed by atoms with Gasteiger partial charge in [0.15, 0.2) is 6.61 Å². The van der Waals surface area contributed by atoms with Crippen LogP contribution >= 0.6 is 0 Å². The lowest BCUT2D eigenvalue weighted by molar-refractivity contribution is -0.118. The zero-order chi connectivity index (χ0) is 15.9. The highest BCUT2D eigenvalue weighted by atomic mass is 19.1. The van der Waals surface area contributed by atoms with Crippen molar-refractivity contribution in [2.45, 2.75) is 26.2 Å². The molecule has 1 atom stereocenters. The SMILES string of the molecule is CCC(C)c1ccc(OCC(=O)Nc2cccc(F)c2)cc1. The maximum absolute atomic E-state index is 13.0. The molecule has 2 aromatic rings. The summed E-state index contributed by atoms with van der Waals surface area (Å²) in [4.78, 5) is 11.8.